The Labute approximate surface area is 97.3 Å². The predicted molar refractivity (Wildman–Crippen MR) is 64.5 cm³/mol. The van der Waals surface area contributed by atoms with Crippen molar-refractivity contribution in [2.75, 3.05) is 6.54 Å². The van der Waals surface area contributed by atoms with Gasteiger partial charge in [-0.3, -0.25) is 0 Å². The minimum absolute atomic E-state index is 0.347. The highest BCUT2D eigenvalue weighted by Gasteiger charge is 2.38. The molecule has 2 aliphatic carbocycles. The van der Waals surface area contributed by atoms with E-state index in [1.54, 1.807) is 0 Å². The highest BCUT2D eigenvalue weighted by atomic mass is 16.4. The summed E-state index contributed by atoms with van der Waals surface area (Å²) in [6.45, 7) is 1.08. The summed E-state index contributed by atoms with van der Waals surface area (Å²) in [5.74, 6) is 2.31. The molecule has 0 aromatic rings. The topological polar surface area (TPSA) is 70.6 Å². The van der Waals surface area contributed by atoms with Gasteiger partial charge in [0.15, 0.2) is 0 Å². The number of oxime groups is 1. The van der Waals surface area contributed by atoms with E-state index in [2.05, 4.69) is 10.5 Å². The number of unbranched alkanes of at least 4 members (excludes halogenated alkanes) is 1. The van der Waals surface area contributed by atoms with Gasteiger partial charge in [-0.05, 0) is 50.5 Å². The average Bonchev–Trinajstić information content (AvgIpc) is 2.90. The fraction of sp³-hybridized carbons (Fsp3) is 0.917. The van der Waals surface area contributed by atoms with Gasteiger partial charge in [-0.1, -0.05) is 11.6 Å². The molecular formula is C12H23N3O. The predicted octanol–water partition coefficient (Wildman–Crippen LogP) is 1.68. The smallest absolute Gasteiger partial charge is 0.139 e. The van der Waals surface area contributed by atoms with Crippen LogP contribution in [-0.4, -0.2) is 23.6 Å². The molecule has 0 saturated heterocycles. The van der Waals surface area contributed by atoms with Crippen LogP contribution in [0.25, 0.3) is 0 Å². The Kier molecular flexibility index (Phi) is 4.04. The second kappa shape index (κ2) is 5.53. The Morgan fingerprint density at radius 2 is 2.19 bits per heavy atom. The van der Waals surface area contributed by atoms with Crippen LogP contribution in [-0.2, 0) is 0 Å². The number of fused-ring (bicyclic) bond motifs is 2. The SMILES string of the molecule is NC(CCCCNC1CC2CCC1C2)=NO. The van der Waals surface area contributed by atoms with Crippen molar-refractivity contribution in [2.24, 2.45) is 22.7 Å². The molecule has 0 radical (unpaired) electrons. The van der Waals surface area contributed by atoms with Gasteiger partial charge in [-0.15, -0.1) is 0 Å². The van der Waals surface area contributed by atoms with E-state index in [1.807, 2.05) is 0 Å². The van der Waals surface area contributed by atoms with Crippen LogP contribution in [0.5, 0.6) is 0 Å². The molecule has 4 N–H and O–H groups in total. The Morgan fingerprint density at radius 1 is 1.31 bits per heavy atom. The molecule has 2 rings (SSSR count). The lowest BCUT2D eigenvalue weighted by molar-refractivity contribution is 0.316. The third kappa shape index (κ3) is 2.88. The Morgan fingerprint density at radius 3 is 2.81 bits per heavy atom. The molecule has 0 aromatic heterocycles. The molecule has 16 heavy (non-hydrogen) atoms. The lowest BCUT2D eigenvalue weighted by Gasteiger charge is -2.22. The van der Waals surface area contributed by atoms with E-state index in [4.69, 9.17) is 10.9 Å². The lowest BCUT2D eigenvalue weighted by Crippen LogP contribution is -2.34. The average molecular weight is 225 g/mol. The summed E-state index contributed by atoms with van der Waals surface area (Å²) < 4.78 is 0. The first kappa shape index (κ1) is 11.7. The highest BCUT2D eigenvalue weighted by Crippen LogP contribution is 2.44. The molecule has 0 spiro atoms. The summed E-state index contributed by atoms with van der Waals surface area (Å²) >= 11 is 0. The molecule has 0 aromatic carbocycles. The van der Waals surface area contributed by atoms with Gasteiger partial charge in [-0.2, -0.15) is 0 Å². The van der Waals surface area contributed by atoms with Crippen molar-refractivity contribution in [3.63, 3.8) is 0 Å². The van der Waals surface area contributed by atoms with Gasteiger partial charge in [0.2, 0.25) is 0 Å². The zero-order valence-electron chi connectivity index (χ0n) is 9.86. The second-order valence-electron chi connectivity index (χ2n) is 5.28. The molecule has 2 saturated carbocycles. The number of nitrogens with two attached hydrogens (primary N) is 1. The maximum atomic E-state index is 8.38. The third-order valence-electron chi connectivity index (χ3n) is 4.13. The summed E-state index contributed by atoms with van der Waals surface area (Å²) in [6.07, 6.45) is 8.58. The van der Waals surface area contributed by atoms with Gasteiger partial charge in [0, 0.05) is 12.5 Å². The van der Waals surface area contributed by atoms with Crippen molar-refractivity contribution >= 4 is 5.84 Å². The van der Waals surface area contributed by atoms with Gasteiger partial charge < -0.3 is 16.3 Å². The standard InChI is InChI=1S/C12H23N3O/c13-12(15-16)3-1-2-6-14-11-8-9-4-5-10(11)7-9/h9-11,14,16H,1-8H2,(H2,13,15). The minimum Gasteiger partial charge on any atom is -0.409 e. The molecule has 3 unspecified atom stereocenters. The molecule has 0 heterocycles. The molecule has 0 aliphatic heterocycles. The fourth-order valence-electron chi connectivity index (χ4n) is 3.26. The molecule has 4 heteroatoms. The number of hydrogen-bond acceptors (Lipinski definition) is 3. The van der Waals surface area contributed by atoms with Gasteiger partial charge >= 0.3 is 0 Å². The van der Waals surface area contributed by atoms with E-state index >= 15 is 0 Å². The van der Waals surface area contributed by atoms with E-state index in [9.17, 15) is 0 Å². The van der Waals surface area contributed by atoms with Gasteiger partial charge in [0.25, 0.3) is 0 Å². The third-order valence-corrected chi connectivity index (χ3v) is 4.13. The normalized spacial score (nSPS) is 33.5. The van der Waals surface area contributed by atoms with Crippen LogP contribution in [0, 0.1) is 11.8 Å². The van der Waals surface area contributed by atoms with Crippen LogP contribution in [0.15, 0.2) is 5.16 Å². The van der Waals surface area contributed by atoms with Gasteiger partial charge in [0.05, 0.1) is 0 Å². The Hall–Kier alpha value is -0.770. The Bertz CT molecular complexity index is 255. The molecule has 2 aliphatic rings. The second-order valence-corrected chi connectivity index (χ2v) is 5.28. The molecule has 92 valence electrons. The van der Waals surface area contributed by atoms with Crippen molar-refractivity contribution in [3.8, 4) is 0 Å². The molecule has 4 nitrogen and oxygen atoms in total. The van der Waals surface area contributed by atoms with Crippen molar-refractivity contribution in [3.05, 3.63) is 0 Å². The van der Waals surface area contributed by atoms with E-state index in [1.165, 1.54) is 25.7 Å². The number of rotatable bonds is 6. The van der Waals surface area contributed by atoms with Crippen LogP contribution >= 0.6 is 0 Å². The molecular weight excluding hydrogens is 202 g/mol. The van der Waals surface area contributed by atoms with Crippen molar-refractivity contribution in [1.29, 1.82) is 0 Å². The molecule has 3 atom stereocenters. The van der Waals surface area contributed by atoms with Crippen LogP contribution in [0.3, 0.4) is 0 Å². The fourth-order valence-corrected chi connectivity index (χ4v) is 3.26. The quantitative estimate of drug-likeness (QED) is 0.212. The number of nitrogens with zero attached hydrogens (tertiary/aromatic N) is 1. The lowest BCUT2D eigenvalue weighted by atomic mass is 9.95. The van der Waals surface area contributed by atoms with Crippen LogP contribution < -0.4 is 11.1 Å². The first-order valence-corrected chi connectivity index (χ1v) is 6.49. The summed E-state index contributed by atoms with van der Waals surface area (Å²) in [7, 11) is 0. The maximum absolute atomic E-state index is 8.38. The highest BCUT2D eigenvalue weighted by molar-refractivity contribution is 5.79. The first-order valence-electron chi connectivity index (χ1n) is 6.49. The van der Waals surface area contributed by atoms with Crippen LogP contribution in [0.1, 0.15) is 44.9 Å². The summed E-state index contributed by atoms with van der Waals surface area (Å²) in [5, 5.41) is 15.0. The molecule has 0 amide bonds. The van der Waals surface area contributed by atoms with E-state index in [0.29, 0.717) is 12.3 Å². The first-order chi connectivity index (χ1) is 7.79. The Balaban J connectivity index is 1.52. The van der Waals surface area contributed by atoms with Gasteiger partial charge in [0.1, 0.15) is 5.84 Å². The van der Waals surface area contributed by atoms with E-state index in [0.717, 1.165) is 37.3 Å². The van der Waals surface area contributed by atoms with E-state index < -0.39 is 0 Å². The number of hydrogen-bond donors (Lipinski definition) is 3. The summed E-state index contributed by atoms with van der Waals surface area (Å²) in [6, 6.07) is 0.780. The van der Waals surface area contributed by atoms with Crippen molar-refractivity contribution < 1.29 is 5.21 Å². The van der Waals surface area contributed by atoms with Gasteiger partial charge in [-0.25, -0.2) is 0 Å². The van der Waals surface area contributed by atoms with Crippen LogP contribution in [0.4, 0.5) is 0 Å². The largest absolute Gasteiger partial charge is 0.409 e. The van der Waals surface area contributed by atoms with Crippen LogP contribution in [0.2, 0.25) is 0 Å². The summed E-state index contributed by atoms with van der Waals surface area (Å²) in [4.78, 5) is 0. The number of amidine groups is 1. The van der Waals surface area contributed by atoms with E-state index in [-0.39, 0.29) is 0 Å². The maximum Gasteiger partial charge on any atom is 0.139 e. The zero-order valence-corrected chi connectivity index (χ0v) is 9.86. The zero-order chi connectivity index (χ0) is 11.4. The number of nitrogens with one attached hydrogen (secondary N) is 1. The monoisotopic (exact) mass is 225 g/mol. The molecule has 2 bridgehead atoms. The molecule has 2 fully saturated rings. The minimum atomic E-state index is 0.347. The summed E-state index contributed by atoms with van der Waals surface area (Å²) in [5.41, 5.74) is 5.41. The van der Waals surface area contributed by atoms with Crippen molar-refractivity contribution in [1.82, 2.24) is 5.32 Å². The van der Waals surface area contributed by atoms with Crippen molar-refractivity contribution in [2.45, 2.75) is 51.0 Å².